The highest BCUT2D eigenvalue weighted by atomic mass is 32.2. The summed E-state index contributed by atoms with van der Waals surface area (Å²) in [6.45, 7) is 1.56. The fourth-order valence-corrected chi connectivity index (χ4v) is 2.68. The maximum absolute atomic E-state index is 11.8. The van der Waals surface area contributed by atoms with Gasteiger partial charge < -0.3 is 14.8 Å². The molecule has 2 rings (SSSR count). The lowest BCUT2D eigenvalue weighted by molar-refractivity contribution is -0.147. The monoisotopic (exact) mass is 392 g/mol. The number of benzene rings is 2. The summed E-state index contributed by atoms with van der Waals surface area (Å²) in [5, 5.41) is 7.46. The molecule has 0 saturated heterocycles. The first-order valence-electron chi connectivity index (χ1n) is 8.02. The molecule has 2 aromatic carbocycles. The molecule has 27 heavy (non-hydrogen) atoms. The molecule has 0 spiro atoms. The van der Waals surface area contributed by atoms with Gasteiger partial charge in [0.25, 0.3) is 5.91 Å². The van der Waals surface area contributed by atoms with Crippen molar-refractivity contribution in [2.75, 3.05) is 18.5 Å². The Morgan fingerprint density at radius 1 is 1.11 bits per heavy atom. The molecule has 0 radical (unpaired) electrons. The summed E-state index contributed by atoms with van der Waals surface area (Å²) in [6.07, 6.45) is -0.0118. The van der Waals surface area contributed by atoms with Crippen LogP contribution < -0.4 is 15.2 Å². The number of carbonyl (C=O) groups excluding carboxylic acids is 2. The van der Waals surface area contributed by atoms with Gasteiger partial charge in [0.2, 0.25) is 10.0 Å². The molecule has 0 aliphatic carbocycles. The molecule has 0 unspecified atom stereocenters. The number of nitrogens with two attached hydrogens (primary N) is 1. The molecule has 0 aromatic heterocycles. The van der Waals surface area contributed by atoms with Crippen molar-refractivity contribution in [3.05, 3.63) is 54.1 Å². The lowest BCUT2D eigenvalue weighted by atomic mass is 10.2. The summed E-state index contributed by atoms with van der Waals surface area (Å²) >= 11 is 0. The largest absolute Gasteiger partial charge is 0.493 e. The standard InChI is InChI=1S/C18H20N2O6S/c1-13-4-2-6-15(10-13)25-9-8-18(22)26-12-17(21)20-14-5-3-7-16(11-14)27(19,23)24/h2-7,10-11H,8-9,12H2,1H3,(H,20,21)(H2,19,23,24). The molecule has 0 aliphatic rings. The Kier molecular flexibility index (Phi) is 6.91. The van der Waals surface area contributed by atoms with E-state index in [1.165, 1.54) is 24.3 Å². The van der Waals surface area contributed by atoms with E-state index in [2.05, 4.69) is 5.32 Å². The van der Waals surface area contributed by atoms with Crippen molar-refractivity contribution in [2.24, 2.45) is 5.14 Å². The Balaban J connectivity index is 1.74. The van der Waals surface area contributed by atoms with E-state index in [0.717, 1.165) is 5.56 Å². The Labute approximate surface area is 157 Å². The summed E-state index contributed by atoms with van der Waals surface area (Å²) in [6, 6.07) is 12.8. The van der Waals surface area contributed by atoms with Crippen LogP contribution in [0.2, 0.25) is 0 Å². The average Bonchev–Trinajstić information content (AvgIpc) is 2.59. The van der Waals surface area contributed by atoms with Crippen LogP contribution in [0, 0.1) is 6.92 Å². The van der Waals surface area contributed by atoms with E-state index in [0.29, 0.717) is 5.75 Å². The third-order valence-electron chi connectivity index (χ3n) is 3.38. The van der Waals surface area contributed by atoms with Crippen molar-refractivity contribution >= 4 is 27.6 Å². The van der Waals surface area contributed by atoms with Crippen LogP contribution in [0.15, 0.2) is 53.4 Å². The first-order valence-corrected chi connectivity index (χ1v) is 9.56. The molecular weight excluding hydrogens is 372 g/mol. The van der Waals surface area contributed by atoms with Gasteiger partial charge in [0.1, 0.15) is 5.75 Å². The Morgan fingerprint density at radius 3 is 2.56 bits per heavy atom. The van der Waals surface area contributed by atoms with E-state index in [1.807, 2.05) is 25.1 Å². The predicted molar refractivity (Wildman–Crippen MR) is 98.7 cm³/mol. The minimum atomic E-state index is -3.87. The number of rotatable bonds is 8. The van der Waals surface area contributed by atoms with Crippen molar-refractivity contribution in [1.82, 2.24) is 0 Å². The first-order chi connectivity index (χ1) is 12.7. The fourth-order valence-electron chi connectivity index (χ4n) is 2.12. The van der Waals surface area contributed by atoms with Crippen LogP contribution in [-0.2, 0) is 24.3 Å². The van der Waals surface area contributed by atoms with Crippen LogP contribution >= 0.6 is 0 Å². The summed E-state index contributed by atoms with van der Waals surface area (Å²) in [4.78, 5) is 23.3. The van der Waals surface area contributed by atoms with Crippen LogP contribution in [0.3, 0.4) is 0 Å². The second-order valence-corrected chi connectivity index (χ2v) is 7.26. The number of anilines is 1. The van der Waals surface area contributed by atoms with E-state index in [4.69, 9.17) is 14.6 Å². The number of aryl methyl sites for hydroxylation is 1. The highest BCUT2D eigenvalue weighted by molar-refractivity contribution is 7.89. The number of amides is 1. The van der Waals surface area contributed by atoms with Crippen LogP contribution in [0.1, 0.15) is 12.0 Å². The fraction of sp³-hybridized carbons (Fsp3) is 0.222. The van der Waals surface area contributed by atoms with Gasteiger partial charge in [0, 0.05) is 5.69 Å². The molecule has 144 valence electrons. The lowest BCUT2D eigenvalue weighted by Gasteiger charge is -2.09. The second-order valence-electron chi connectivity index (χ2n) is 5.70. The maximum Gasteiger partial charge on any atom is 0.309 e. The molecule has 2 aromatic rings. The normalized spacial score (nSPS) is 10.9. The van der Waals surface area contributed by atoms with Gasteiger partial charge in [-0.1, -0.05) is 18.2 Å². The number of esters is 1. The van der Waals surface area contributed by atoms with Crippen molar-refractivity contribution in [3.8, 4) is 5.75 Å². The molecule has 1 amide bonds. The zero-order valence-corrected chi connectivity index (χ0v) is 15.5. The van der Waals surface area contributed by atoms with E-state index >= 15 is 0 Å². The van der Waals surface area contributed by atoms with Crippen LogP contribution in [-0.4, -0.2) is 33.5 Å². The van der Waals surface area contributed by atoms with Gasteiger partial charge in [-0.25, -0.2) is 13.6 Å². The minimum absolute atomic E-state index is 0.0118. The highest BCUT2D eigenvalue weighted by Crippen LogP contribution is 2.14. The van der Waals surface area contributed by atoms with E-state index < -0.39 is 28.5 Å². The van der Waals surface area contributed by atoms with Gasteiger partial charge in [-0.3, -0.25) is 9.59 Å². The third-order valence-corrected chi connectivity index (χ3v) is 4.29. The number of primary sulfonamides is 1. The van der Waals surface area contributed by atoms with Crippen molar-refractivity contribution in [2.45, 2.75) is 18.2 Å². The summed E-state index contributed by atoms with van der Waals surface area (Å²) < 4.78 is 32.9. The first kappa shape index (κ1) is 20.4. The second kappa shape index (κ2) is 9.15. The van der Waals surface area contributed by atoms with Gasteiger partial charge >= 0.3 is 5.97 Å². The molecule has 0 aliphatic heterocycles. The molecule has 0 heterocycles. The lowest BCUT2D eigenvalue weighted by Crippen LogP contribution is -2.22. The van der Waals surface area contributed by atoms with Gasteiger partial charge in [-0.05, 0) is 42.8 Å². The maximum atomic E-state index is 11.8. The van der Waals surface area contributed by atoms with Gasteiger partial charge in [-0.15, -0.1) is 0 Å². The number of carbonyl (C=O) groups is 2. The Morgan fingerprint density at radius 2 is 1.85 bits per heavy atom. The number of ether oxygens (including phenoxy) is 2. The molecule has 3 N–H and O–H groups in total. The molecule has 0 bridgehead atoms. The number of hydrogen-bond donors (Lipinski definition) is 2. The van der Waals surface area contributed by atoms with Gasteiger partial charge in [-0.2, -0.15) is 0 Å². The van der Waals surface area contributed by atoms with E-state index in [9.17, 15) is 18.0 Å². The number of sulfonamides is 1. The smallest absolute Gasteiger partial charge is 0.309 e. The summed E-state index contributed by atoms with van der Waals surface area (Å²) in [5.41, 5.74) is 1.27. The van der Waals surface area contributed by atoms with E-state index in [-0.39, 0.29) is 23.6 Å². The zero-order chi connectivity index (χ0) is 19.9. The predicted octanol–water partition coefficient (Wildman–Crippen LogP) is 1.59. The Bertz CT molecular complexity index is 927. The molecule has 0 atom stereocenters. The van der Waals surface area contributed by atoms with Crippen molar-refractivity contribution in [3.63, 3.8) is 0 Å². The van der Waals surface area contributed by atoms with Crippen molar-refractivity contribution < 1.29 is 27.5 Å². The topological polar surface area (TPSA) is 125 Å². The van der Waals surface area contributed by atoms with Gasteiger partial charge in [0.15, 0.2) is 6.61 Å². The van der Waals surface area contributed by atoms with Crippen LogP contribution in [0.5, 0.6) is 5.75 Å². The number of hydrogen-bond acceptors (Lipinski definition) is 6. The average molecular weight is 392 g/mol. The molecule has 0 saturated carbocycles. The Hall–Kier alpha value is -2.91. The molecule has 8 nitrogen and oxygen atoms in total. The number of nitrogens with one attached hydrogen (secondary N) is 1. The van der Waals surface area contributed by atoms with Crippen molar-refractivity contribution in [1.29, 1.82) is 0 Å². The summed E-state index contributed by atoms with van der Waals surface area (Å²) in [7, 11) is -3.87. The zero-order valence-electron chi connectivity index (χ0n) is 14.7. The van der Waals surface area contributed by atoms with Crippen LogP contribution in [0.4, 0.5) is 5.69 Å². The van der Waals surface area contributed by atoms with E-state index in [1.54, 1.807) is 6.07 Å². The van der Waals surface area contributed by atoms with Crippen LogP contribution in [0.25, 0.3) is 0 Å². The minimum Gasteiger partial charge on any atom is -0.493 e. The summed E-state index contributed by atoms with van der Waals surface area (Å²) in [5.74, 6) is -0.541. The highest BCUT2D eigenvalue weighted by Gasteiger charge is 2.11. The molecule has 0 fully saturated rings. The quantitative estimate of drug-likeness (QED) is 0.657. The van der Waals surface area contributed by atoms with Gasteiger partial charge in [0.05, 0.1) is 17.9 Å². The molecule has 9 heteroatoms. The molecular formula is C18H20N2O6S. The third kappa shape index (κ3) is 7.08. The SMILES string of the molecule is Cc1cccc(OCCC(=O)OCC(=O)Nc2cccc(S(N)(=O)=O)c2)c1.